The first-order chi connectivity index (χ1) is 33.5. The number of fused-ring (bicyclic) bond motifs is 6. The van der Waals surface area contributed by atoms with E-state index in [2.05, 4.69) is 149 Å². The van der Waals surface area contributed by atoms with Gasteiger partial charge in [-0.2, -0.15) is 0 Å². The lowest BCUT2D eigenvalue weighted by Crippen LogP contribution is -2.21. The fraction of sp³-hybridized carbons (Fsp3) is 0.291. The minimum Gasteiger partial charge on any atom is -0.351 e. The zero-order valence-corrected chi connectivity index (χ0v) is 42.5. The minimum atomic E-state index is -0.549. The highest BCUT2D eigenvalue weighted by molar-refractivity contribution is 6.21. The highest BCUT2D eigenvalue weighted by Gasteiger charge is 2.27. The Morgan fingerprint density at radius 2 is 0.597 bits per heavy atom. The van der Waals surface area contributed by atoms with E-state index < -0.39 is 27.9 Å². The zero-order chi connectivity index (χ0) is 52.4. The van der Waals surface area contributed by atoms with Crippen LogP contribution in [0.3, 0.4) is 0 Å². The number of nitro groups is 2. The summed E-state index contributed by atoms with van der Waals surface area (Å²) in [5.41, 5.74) is 7.56. The number of nitrogens with one attached hydrogen (secondary N) is 8. The topological polar surface area (TPSA) is 241 Å². The molecule has 0 spiro atoms. The average molecular weight is 973 g/mol. The van der Waals surface area contributed by atoms with Gasteiger partial charge in [0.1, 0.15) is 0 Å². The molecule has 2 heterocycles. The molecule has 17 nitrogen and oxygen atoms in total. The number of hydrogen-bond donors (Lipinski definition) is 8. The highest BCUT2D eigenvalue weighted by Crippen LogP contribution is 2.43. The maximum atomic E-state index is 14.6. The van der Waals surface area contributed by atoms with Crippen molar-refractivity contribution in [3.8, 4) is 0 Å². The summed E-state index contributed by atoms with van der Waals surface area (Å²) in [6.45, 7) is 25.1. The van der Waals surface area contributed by atoms with Crippen LogP contribution in [-0.2, 0) is 21.7 Å². The van der Waals surface area contributed by atoms with Crippen molar-refractivity contribution in [3.63, 3.8) is 0 Å². The molecule has 0 unspecified atom stereocenters. The van der Waals surface area contributed by atoms with Crippen molar-refractivity contribution in [1.29, 1.82) is 0 Å². The molecule has 0 atom stereocenters. The Bertz CT molecular complexity index is 3280. The molecule has 0 aliphatic heterocycles. The van der Waals surface area contributed by atoms with Crippen molar-refractivity contribution in [2.24, 2.45) is 0 Å². The summed E-state index contributed by atoms with van der Waals surface area (Å²) in [5.74, 6) is 0. The van der Waals surface area contributed by atoms with Crippen LogP contribution in [0, 0.1) is 20.2 Å². The number of aromatic nitrogens is 2. The molecule has 6 amide bonds. The molecule has 72 heavy (non-hydrogen) atoms. The maximum Gasteiger partial charge on any atom is 0.323 e. The number of benzene rings is 6. The van der Waals surface area contributed by atoms with E-state index in [1.807, 2.05) is 24.3 Å². The Morgan fingerprint density at radius 3 is 0.806 bits per heavy atom. The number of anilines is 6. The number of hydrogen-bond acceptors (Lipinski definition) is 7. The molecule has 372 valence electrons. The predicted molar refractivity (Wildman–Crippen MR) is 291 cm³/mol. The molecule has 0 radical (unpaired) electrons. The van der Waals surface area contributed by atoms with Crippen molar-refractivity contribution in [3.05, 3.63) is 140 Å². The smallest absolute Gasteiger partial charge is 0.323 e. The third-order valence-corrected chi connectivity index (χ3v) is 12.8. The number of H-pyrrole nitrogens is 2. The zero-order valence-electron chi connectivity index (χ0n) is 42.5. The second-order valence-electron chi connectivity index (χ2n) is 22.4. The van der Waals surface area contributed by atoms with E-state index in [9.17, 15) is 34.6 Å². The fourth-order valence-corrected chi connectivity index (χ4v) is 8.51. The lowest BCUT2D eigenvalue weighted by atomic mass is 9.84. The molecule has 17 heteroatoms. The first kappa shape index (κ1) is 49.9. The predicted octanol–water partition coefficient (Wildman–Crippen LogP) is 14.9. The van der Waals surface area contributed by atoms with Crippen LogP contribution in [-0.4, -0.2) is 37.9 Å². The van der Waals surface area contributed by atoms with Crippen molar-refractivity contribution < 1.29 is 24.2 Å². The van der Waals surface area contributed by atoms with Crippen LogP contribution in [0.1, 0.15) is 105 Å². The minimum absolute atomic E-state index is 0.0967. The van der Waals surface area contributed by atoms with Gasteiger partial charge in [-0.3, -0.25) is 20.2 Å². The van der Waals surface area contributed by atoms with Gasteiger partial charge in [-0.1, -0.05) is 83.1 Å². The van der Waals surface area contributed by atoms with Crippen LogP contribution in [0.5, 0.6) is 0 Å². The van der Waals surface area contributed by atoms with E-state index in [-0.39, 0.29) is 33.0 Å². The summed E-state index contributed by atoms with van der Waals surface area (Å²) in [6.07, 6.45) is 0. The van der Waals surface area contributed by atoms with Crippen LogP contribution < -0.4 is 31.9 Å². The SMILES string of the molecule is CC(C)(C)c1cc(NC(=O)Nc2ccc([N+](=O)[O-])cc2)c2[nH]c3c(NC(=O)Nc4cc(C(C)(C)C)cc5c4[nH]c4c(NC(=O)Nc6ccc([N+](=O)[O-])cc6)cc(C(C)(C)C)cc45)cc(C(C)(C)C)cc3c2c1. The molecule has 0 aliphatic rings. The number of carbonyl (C=O) groups excluding carboxylic acids is 3. The summed E-state index contributed by atoms with van der Waals surface area (Å²) in [5, 5.41) is 43.7. The van der Waals surface area contributed by atoms with Gasteiger partial charge < -0.3 is 41.9 Å². The molecule has 6 aromatic carbocycles. The number of non-ortho nitro benzene ring substituents is 2. The molecule has 8 rings (SSSR count). The van der Waals surface area contributed by atoms with Crippen LogP contribution >= 0.6 is 0 Å². The van der Waals surface area contributed by atoms with Gasteiger partial charge in [0.2, 0.25) is 0 Å². The molecule has 0 fully saturated rings. The summed E-state index contributed by atoms with van der Waals surface area (Å²) in [4.78, 5) is 70.3. The van der Waals surface area contributed by atoms with E-state index in [1.54, 1.807) is 0 Å². The van der Waals surface area contributed by atoms with Crippen LogP contribution in [0.4, 0.5) is 59.9 Å². The summed E-state index contributed by atoms with van der Waals surface area (Å²) in [7, 11) is 0. The maximum absolute atomic E-state index is 14.6. The Balaban J connectivity index is 1.20. The average Bonchev–Trinajstić information content (AvgIpc) is 3.85. The second kappa shape index (κ2) is 18.0. The van der Waals surface area contributed by atoms with E-state index in [0.717, 1.165) is 43.8 Å². The Kier molecular flexibility index (Phi) is 12.5. The molecule has 2 aromatic heterocycles. The van der Waals surface area contributed by atoms with Gasteiger partial charge in [-0.05, 0) is 117 Å². The van der Waals surface area contributed by atoms with Gasteiger partial charge in [-0.15, -0.1) is 0 Å². The van der Waals surface area contributed by atoms with Gasteiger partial charge in [-0.25, -0.2) is 14.4 Å². The summed E-state index contributed by atoms with van der Waals surface area (Å²) < 4.78 is 0. The lowest BCUT2D eigenvalue weighted by molar-refractivity contribution is -0.385. The fourth-order valence-electron chi connectivity index (χ4n) is 8.51. The van der Waals surface area contributed by atoms with Gasteiger partial charge in [0.15, 0.2) is 0 Å². The van der Waals surface area contributed by atoms with Crippen LogP contribution in [0.15, 0.2) is 97.1 Å². The summed E-state index contributed by atoms with van der Waals surface area (Å²) >= 11 is 0. The quantitative estimate of drug-likeness (QED) is 0.0540. The Labute approximate surface area is 416 Å². The largest absolute Gasteiger partial charge is 0.351 e. The molecule has 0 saturated heterocycles. The van der Waals surface area contributed by atoms with Crippen LogP contribution in [0.2, 0.25) is 0 Å². The highest BCUT2D eigenvalue weighted by atomic mass is 16.6. The van der Waals surface area contributed by atoms with Gasteiger partial charge >= 0.3 is 18.1 Å². The first-order valence-electron chi connectivity index (χ1n) is 23.6. The molecular formula is C55H60N10O7. The monoisotopic (exact) mass is 972 g/mol. The number of carbonyl (C=O) groups is 3. The molecule has 0 bridgehead atoms. The number of amides is 6. The van der Waals surface area contributed by atoms with Crippen molar-refractivity contribution >= 4 is 107 Å². The van der Waals surface area contributed by atoms with Gasteiger partial charge in [0.25, 0.3) is 11.4 Å². The van der Waals surface area contributed by atoms with Crippen molar-refractivity contribution in [2.45, 2.75) is 105 Å². The Morgan fingerprint density at radius 1 is 0.375 bits per heavy atom. The number of urea groups is 3. The number of aromatic amines is 2. The van der Waals surface area contributed by atoms with E-state index in [4.69, 9.17) is 0 Å². The third kappa shape index (κ3) is 10.4. The second-order valence-corrected chi connectivity index (χ2v) is 22.4. The molecule has 8 N–H and O–H groups in total. The van der Waals surface area contributed by atoms with Crippen molar-refractivity contribution in [2.75, 3.05) is 31.9 Å². The van der Waals surface area contributed by atoms with Gasteiger partial charge in [0.05, 0.1) is 54.7 Å². The molecular weight excluding hydrogens is 913 g/mol. The van der Waals surface area contributed by atoms with E-state index in [1.165, 1.54) is 48.5 Å². The molecule has 0 aliphatic carbocycles. The number of nitro benzene ring substituents is 2. The number of rotatable bonds is 8. The van der Waals surface area contributed by atoms with E-state index in [0.29, 0.717) is 56.2 Å². The normalized spacial score (nSPS) is 12.3. The van der Waals surface area contributed by atoms with Gasteiger partial charge in [0, 0.05) is 57.2 Å². The van der Waals surface area contributed by atoms with Crippen LogP contribution in [0.25, 0.3) is 43.6 Å². The molecule has 8 aromatic rings. The van der Waals surface area contributed by atoms with E-state index >= 15 is 0 Å². The first-order valence-corrected chi connectivity index (χ1v) is 23.6. The molecule has 0 saturated carbocycles. The van der Waals surface area contributed by atoms with Crippen molar-refractivity contribution in [1.82, 2.24) is 9.97 Å². The Hall–Kier alpha value is -8.47. The summed E-state index contributed by atoms with van der Waals surface area (Å²) in [6, 6.07) is 25.7. The third-order valence-electron chi connectivity index (χ3n) is 12.8. The standard InChI is InChI=1S/C55H60N10O7/c1-52(2,3)29-21-37-39-23-31(54(7,8)9)27-43(47(39)62-45(37)41(25-29)58-49(66)56-33-13-17-35(18-14-33)64(69)70)60-51(68)61-44-28-32(55(10,11)12)24-40-38-22-30(53(4,5)6)26-42(46(38)63-48(40)44)59-50(67)57-34-15-19-36(20-16-34)65(71)72/h13-28,62-63H,1-12H3,(H2,56,58,66)(H2,57,59,67)(H2,60,61,68). The number of nitrogens with zero attached hydrogens (tertiary/aromatic N) is 2. The lowest BCUT2D eigenvalue weighted by Gasteiger charge is -2.22.